The van der Waals surface area contributed by atoms with Gasteiger partial charge in [-0.25, -0.2) is 0 Å². The van der Waals surface area contributed by atoms with E-state index in [2.05, 4.69) is 10.2 Å². The molecule has 0 aliphatic heterocycles. The third kappa shape index (κ3) is 1.09. The van der Waals surface area contributed by atoms with Gasteiger partial charge in [0.05, 0.1) is 5.69 Å². The molecule has 80 valence electrons. The number of hydrogen-bond donors (Lipinski definition) is 3. The molecule has 15 heavy (non-hydrogen) atoms. The number of nitrogens with one attached hydrogen (secondary N) is 1. The highest BCUT2D eigenvalue weighted by Gasteiger charge is 2.59. The van der Waals surface area contributed by atoms with E-state index in [0.29, 0.717) is 23.3 Å². The fraction of sp³-hybridized carbons (Fsp3) is 0.600. The van der Waals surface area contributed by atoms with Crippen LogP contribution in [-0.4, -0.2) is 21.3 Å². The number of fused-ring (bicyclic) bond motifs is 1. The number of carbonyl (C=O) groups is 1. The summed E-state index contributed by atoms with van der Waals surface area (Å²) >= 11 is 0. The van der Waals surface area contributed by atoms with Gasteiger partial charge < -0.3 is 10.8 Å². The molecule has 2 fully saturated rings. The molecule has 3 rings (SSSR count). The van der Waals surface area contributed by atoms with Crippen molar-refractivity contribution in [2.24, 2.45) is 11.8 Å². The Morgan fingerprint density at radius 1 is 1.60 bits per heavy atom. The van der Waals surface area contributed by atoms with Gasteiger partial charge in [-0.05, 0) is 31.1 Å². The molecule has 0 spiro atoms. The van der Waals surface area contributed by atoms with Gasteiger partial charge in [0.25, 0.3) is 0 Å². The topological polar surface area (TPSA) is 92.0 Å². The molecule has 2 unspecified atom stereocenters. The van der Waals surface area contributed by atoms with Gasteiger partial charge in [0, 0.05) is 6.07 Å². The number of hydrogen-bond acceptors (Lipinski definition) is 3. The number of nitrogens with zero attached hydrogens (tertiary/aromatic N) is 1. The van der Waals surface area contributed by atoms with Gasteiger partial charge in [-0.2, -0.15) is 5.10 Å². The van der Waals surface area contributed by atoms with Gasteiger partial charge >= 0.3 is 5.97 Å². The number of rotatable bonds is 2. The zero-order valence-corrected chi connectivity index (χ0v) is 8.23. The summed E-state index contributed by atoms with van der Waals surface area (Å²) in [6.07, 6.45) is 2.65. The minimum atomic E-state index is -0.752. The summed E-state index contributed by atoms with van der Waals surface area (Å²) in [6.45, 7) is 0. The van der Waals surface area contributed by atoms with Crippen LogP contribution in [-0.2, 0) is 10.2 Å². The SMILES string of the molecule is Nc1cc(C2(C(=O)O)CC3CC3C2)[nH]n1. The van der Waals surface area contributed by atoms with Crippen LogP contribution in [0, 0.1) is 11.8 Å². The first kappa shape index (κ1) is 8.76. The highest BCUT2D eigenvalue weighted by atomic mass is 16.4. The molecule has 4 N–H and O–H groups in total. The summed E-state index contributed by atoms with van der Waals surface area (Å²) in [7, 11) is 0. The first-order chi connectivity index (χ1) is 7.12. The van der Waals surface area contributed by atoms with E-state index in [1.54, 1.807) is 6.07 Å². The lowest BCUT2D eigenvalue weighted by atomic mass is 9.80. The maximum absolute atomic E-state index is 11.4. The maximum atomic E-state index is 11.4. The predicted molar refractivity (Wildman–Crippen MR) is 53.1 cm³/mol. The van der Waals surface area contributed by atoms with Gasteiger partial charge in [-0.15, -0.1) is 0 Å². The second-order valence-corrected chi connectivity index (χ2v) is 4.76. The number of aliphatic carboxylic acids is 1. The van der Waals surface area contributed by atoms with Crippen LogP contribution in [0.25, 0.3) is 0 Å². The summed E-state index contributed by atoms with van der Waals surface area (Å²) in [5.74, 6) is 0.820. The summed E-state index contributed by atoms with van der Waals surface area (Å²) in [4.78, 5) is 11.4. The number of carboxylic acid groups (broad SMARTS) is 1. The van der Waals surface area contributed by atoms with E-state index >= 15 is 0 Å². The Labute approximate surface area is 86.7 Å². The first-order valence-electron chi connectivity index (χ1n) is 5.16. The minimum absolute atomic E-state index is 0.367. The molecule has 0 bridgehead atoms. The molecule has 2 saturated carbocycles. The van der Waals surface area contributed by atoms with Crippen LogP contribution in [0.1, 0.15) is 25.0 Å². The predicted octanol–water partition coefficient (Wildman–Crippen LogP) is 0.744. The van der Waals surface area contributed by atoms with Crippen LogP contribution in [0.2, 0.25) is 0 Å². The number of H-pyrrole nitrogens is 1. The van der Waals surface area contributed by atoms with E-state index in [4.69, 9.17) is 5.73 Å². The number of anilines is 1. The fourth-order valence-corrected chi connectivity index (χ4v) is 2.88. The minimum Gasteiger partial charge on any atom is -0.481 e. The number of nitrogen functional groups attached to an aromatic ring is 1. The Kier molecular flexibility index (Phi) is 1.48. The van der Waals surface area contributed by atoms with Crippen LogP contribution >= 0.6 is 0 Å². The number of nitrogens with two attached hydrogens (primary N) is 1. The zero-order chi connectivity index (χ0) is 10.6. The molecular weight excluding hydrogens is 194 g/mol. The van der Waals surface area contributed by atoms with Crippen molar-refractivity contribution in [3.8, 4) is 0 Å². The van der Waals surface area contributed by atoms with Crippen molar-refractivity contribution in [2.75, 3.05) is 5.73 Å². The largest absolute Gasteiger partial charge is 0.481 e. The Bertz CT molecular complexity index is 416. The molecule has 1 heterocycles. The molecule has 1 aromatic rings. The second kappa shape index (κ2) is 2.53. The lowest BCUT2D eigenvalue weighted by Crippen LogP contribution is -2.34. The zero-order valence-electron chi connectivity index (χ0n) is 8.23. The average Bonchev–Trinajstić information content (AvgIpc) is 2.65. The van der Waals surface area contributed by atoms with Crippen molar-refractivity contribution in [1.82, 2.24) is 10.2 Å². The van der Waals surface area contributed by atoms with Crippen molar-refractivity contribution >= 4 is 11.8 Å². The molecule has 5 heteroatoms. The molecule has 0 amide bonds. The van der Waals surface area contributed by atoms with E-state index in [-0.39, 0.29) is 0 Å². The van der Waals surface area contributed by atoms with Crippen LogP contribution in [0.4, 0.5) is 5.82 Å². The van der Waals surface area contributed by atoms with Crippen molar-refractivity contribution < 1.29 is 9.90 Å². The quantitative estimate of drug-likeness (QED) is 0.667. The molecule has 0 aromatic carbocycles. The molecule has 2 atom stereocenters. The maximum Gasteiger partial charge on any atom is 0.315 e. The monoisotopic (exact) mass is 207 g/mol. The smallest absolute Gasteiger partial charge is 0.315 e. The van der Waals surface area contributed by atoms with E-state index < -0.39 is 11.4 Å². The van der Waals surface area contributed by atoms with Gasteiger partial charge in [0.2, 0.25) is 0 Å². The van der Waals surface area contributed by atoms with Crippen LogP contribution < -0.4 is 5.73 Å². The third-order valence-corrected chi connectivity index (χ3v) is 3.81. The van der Waals surface area contributed by atoms with Crippen molar-refractivity contribution in [3.05, 3.63) is 11.8 Å². The second-order valence-electron chi connectivity index (χ2n) is 4.76. The van der Waals surface area contributed by atoms with E-state index in [1.165, 1.54) is 6.42 Å². The highest BCUT2D eigenvalue weighted by Crippen LogP contribution is 2.60. The van der Waals surface area contributed by atoms with Crippen molar-refractivity contribution in [1.29, 1.82) is 0 Å². The summed E-state index contributed by atoms with van der Waals surface area (Å²) in [5, 5.41) is 15.9. The van der Waals surface area contributed by atoms with Gasteiger partial charge in [0.15, 0.2) is 0 Å². The third-order valence-electron chi connectivity index (χ3n) is 3.81. The summed E-state index contributed by atoms with van der Waals surface area (Å²) in [5.41, 5.74) is 5.43. The highest BCUT2D eigenvalue weighted by molar-refractivity contribution is 5.82. The number of aromatic amines is 1. The molecule has 2 aliphatic rings. The average molecular weight is 207 g/mol. The molecular formula is C10H13N3O2. The van der Waals surface area contributed by atoms with Crippen LogP contribution in [0.3, 0.4) is 0 Å². The lowest BCUT2D eigenvalue weighted by Gasteiger charge is -2.23. The first-order valence-corrected chi connectivity index (χ1v) is 5.16. The Morgan fingerprint density at radius 2 is 2.27 bits per heavy atom. The lowest BCUT2D eigenvalue weighted by molar-refractivity contribution is -0.144. The van der Waals surface area contributed by atoms with Gasteiger partial charge in [0.1, 0.15) is 11.2 Å². The van der Waals surface area contributed by atoms with E-state index in [1.807, 2.05) is 0 Å². The number of aromatic nitrogens is 2. The molecule has 0 saturated heterocycles. The van der Waals surface area contributed by atoms with Crippen molar-refractivity contribution in [2.45, 2.75) is 24.7 Å². The van der Waals surface area contributed by atoms with E-state index in [0.717, 1.165) is 12.8 Å². The van der Waals surface area contributed by atoms with Crippen molar-refractivity contribution in [3.63, 3.8) is 0 Å². The summed E-state index contributed by atoms with van der Waals surface area (Å²) < 4.78 is 0. The van der Waals surface area contributed by atoms with Crippen LogP contribution in [0.5, 0.6) is 0 Å². The van der Waals surface area contributed by atoms with Crippen LogP contribution in [0.15, 0.2) is 6.07 Å². The summed E-state index contributed by atoms with van der Waals surface area (Å²) in [6, 6.07) is 1.65. The number of carboxylic acids is 1. The molecule has 0 radical (unpaired) electrons. The Balaban J connectivity index is 2.01. The van der Waals surface area contributed by atoms with E-state index in [9.17, 15) is 9.90 Å². The fourth-order valence-electron chi connectivity index (χ4n) is 2.88. The molecule has 2 aliphatic carbocycles. The standard InChI is InChI=1S/C10H13N3O2/c11-8-2-7(12-13-8)10(9(14)15)3-5-1-6(5)4-10/h2,5-6H,1,3-4H2,(H,14,15)(H3,11,12,13). The Morgan fingerprint density at radius 3 is 2.73 bits per heavy atom. The Hall–Kier alpha value is -1.52. The molecule has 5 nitrogen and oxygen atoms in total. The van der Waals surface area contributed by atoms with Gasteiger partial charge in [-0.1, -0.05) is 0 Å². The molecule has 1 aromatic heterocycles. The van der Waals surface area contributed by atoms with Gasteiger partial charge in [-0.3, -0.25) is 9.89 Å². The normalized spacial score (nSPS) is 37.6.